The van der Waals surface area contributed by atoms with Gasteiger partial charge in [-0.05, 0) is 30.2 Å². The highest BCUT2D eigenvalue weighted by Crippen LogP contribution is 2.21. The van der Waals surface area contributed by atoms with Crippen LogP contribution in [-0.2, 0) is 20.6 Å². The number of rotatable bonds is 11. The second kappa shape index (κ2) is 11.3. The number of hydrogen-bond acceptors (Lipinski definition) is 4. The molecule has 10 heteroatoms. The van der Waals surface area contributed by atoms with E-state index in [1.807, 2.05) is 0 Å². The summed E-state index contributed by atoms with van der Waals surface area (Å²) < 4.78 is 64.9. The second-order valence-electron chi connectivity index (χ2n) is 6.53. The summed E-state index contributed by atoms with van der Waals surface area (Å²) in [4.78, 5) is 11.9. The molecule has 0 aliphatic heterocycles. The van der Waals surface area contributed by atoms with Crippen molar-refractivity contribution in [1.82, 2.24) is 5.32 Å². The highest BCUT2D eigenvalue weighted by atomic mass is 32.2. The third kappa shape index (κ3) is 7.56. The van der Waals surface area contributed by atoms with E-state index in [4.69, 9.17) is 0 Å². The van der Waals surface area contributed by atoms with Gasteiger partial charge in [-0.2, -0.15) is 11.8 Å². The Kier molecular flexibility index (Phi) is 9.04. The third-order valence-corrected chi connectivity index (χ3v) is 6.34. The molecule has 0 saturated heterocycles. The van der Waals surface area contributed by atoms with Gasteiger partial charge >= 0.3 is 0 Å². The van der Waals surface area contributed by atoms with Crippen molar-refractivity contribution in [1.29, 1.82) is 0 Å². The van der Waals surface area contributed by atoms with E-state index in [2.05, 4.69) is 5.32 Å². The number of nitrogens with one attached hydrogen (secondary N) is 1. The van der Waals surface area contributed by atoms with Gasteiger partial charge in [0.1, 0.15) is 5.82 Å². The molecule has 0 aromatic heterocycles. The number of carbonyl (C=O) groups is 1. The predicted octanol–water partition coefficient (Wildman–Crippen LogP) is 3.70. The van der Waals surface area contributed by atoms with Gasteiger partial charge < -0.3 is 5.32 Å². The first-order chi connectivity index (χ1) is 14.2. The number of anilines is 1. The Balaban J connectivity index is 1.73. The molecule has 2 rings (SSSR count). The number of nitrogens with zero attached hydrogens (tertiary/aromatic N) is 1. The molecule has 0 aliphatic rings. The molecule has 164 valence electrons. The lowest BCUT2D eigenvalue weighted by Gasteiger charge is -2.22. The number of halogens is 3. The number of hydrogen-bond donors (Lipinski definition) is 1. The fraction of sp³-hybridized carbons (Fsp3) is 0.350. The van der Waals surface area contributed by atoms with E-state index < -0.39 is 21.7 Å². The van der Waals surface area contributed by atoms with Crippen LogP contribution < -0.4 is 9.62 Å². The van der Waals surface area contributed by atoms with E-state index in [0.29, 0.717) is 23.6 Å². The van der Waals surface area contributed by atoms with Crippen LogP contribution in [-0.4, -0.2) is 39.4 Å². The summed E-state index contributed by atoms with van der Waals surface area (Å²) in [5.41, 5.74) is 0.605. The molecular formula is C20H23F3N2O3S2. The Morgan fingerprint density at radius 1 is 1.07 bits per heavy atom. The molecule has 0 atom stereocenters. The van der Waals surface area contributed by atoms with Crippen molar-refractivity contribution in [3.8, 4) is 0 Å². The molecule has 1 N–H and O–H groups in total. The Hall–Kier alpha value is -2.20. The lowest BCUT2D eigenvalue weighted by molar-refractivity contribution is -0.121. The van der Waals surface area contributed by atoms with Gasteiger partial charge in [0.15, 0.2) is 11.6 Å². The largest absolute Gasteiger partial charge is 0.355 e. The standard InChI is InChI=1S/C20H23F3N2O3S2/c1-30(27,28)25(16-8-9-18(22)19(23)13-16)11-4-7-20(26)24-10-12-29-14-15-5-2-3-6-17(15)21/h2-3,5-6,8-9,13H,4,7,10-12,14H2,1H3,(H,24,26). The summed E-state index contributed by atoms with van der Waals surface area (Å²) in [5, 5.41) is 2.72. The van der Waals surface area contributed by atoms with Crippen LogP contribution >= 0.6 is 11.8 Å². The highest BCUT2D eigenvalue weighted by molar-refractivity contribution is 7.98. The second-order valence-corrected chi connectivity index (χ2v) is 9.54. The summed E-state index contributed by atoms with van der Waals surface area (Å²) in [5.74, 6) is -1.62. The van der Waals surface area contributed by atoms with E-state index >= 15 is 0 Å². The molecule has 2 aromatic carbocycles. The van der Waals surface area contributed by atoms with Gasteiger partial charge in [0, 0.05) is 37.1 Å². The normalized spacial score (nSPS) is 11.3. The lowest BCUT2D eigenvalue weighted by Crippen LogP contribution is -2.32. The van der Waals surface area contributed by atoms with Crippen molar-refractivity contribution in [2.45, 2.75) is 18.6 Å². The summed E-state index contributed by atoms with van der Waals surface area (Å²) in [6.07, 6.45) is 1.25. The van der Waals surface area contributed by atoms with E-state index in [0.717, 1.165) is 22.7 Å². The monoisotopic (exact) mass is 460 g/mol. The molecule has 0 saturated carbocycles. The van der Waals surface area contributed by atoms with Crippen LogP contribution in [0.4, 0.5) is 18.9 Å². The van der Waals surface area contributed by atoms with Crippen molar-refractivity contribution in [2.24, 2.45) is 0 Å². The molecule has 0 bridgehead atoms. The van der Waals surface area contributed by atoms with Crippen molar-refractivity contribution >= 4 is 33.4 Å². The average molecular weight is 461 g/mol. The minimum absolute atomic E-state index is 0.00125. The quantitative estimate of drug-likeness (QED) is 0.520. The maximum absolute atomic E-state index is 13.5. The first-order valence-corrected chi connectivity index (χ1v) is 12.2. The van der Waals surface area contributed by atoms with Crippen LogP contribution in [0.15, 0.2) is 42.5 Å². The number of sulfonamides is 1. The van der Waals surface area contributed by atoms with Gasteiger partial charge in [0.25, 0.3) is 0 Å². The van der Waals surface area contributed by atoms with Crippen LogP contribution in [0.3, 0.4) is 0 Å². The Labute approximate surface area is 178 Å². The van der Waals surface area contributed by atoms with Crippen LogP contribution in [0.1, 0.15) is 18.4 Å². The maximum Gasteiger partial charge on any atom is 0.232 e. The van der Waals surface area contributed by atoms with Crippen LogP contribution in [0.25, 0.3) is 0 Å². The fourth-order valence-electron chi connectivity index (χ4n) is 2.66. The van der Waals surface area contributed by atoms with E-state index in [-0.39, 0.29) is 36.8 Å². The molecule has 5 nitrogen and oxygen atoms in total. The molecule has 30 heavy (non-hydrogen) atoms. The zero-order valence-corrected chi connectivity index (χ0v) is 18.0. The van der Waals surface area contributed by atoms with Crippen molar-refractivity contribution in [3.05, 3.63) is 65.5 Å². The molecule has 0 heterocycles. The highest BCUT2D eigenvalue weighted by Gasteiger charge is 2.19. The average Bonchev–Trinajstić information content (AvgIpc) is 2.68. The first-order valence-electron chi connectivity index (χ1n) is 9.19. The Bertz CT molecular complexity index is 972. The first kappa shape index (κ1) is 24.1. The molecular weight excluding hydrogens is 437 g/mol. The van der Waals surface area contributed by atoms with Crippen LogP contribution in [0, 0.1) is 17.5 Å². The lowest BCUT2D eigenvalue weighted by atomic mass is 10.2. The van der Waals surface area contributed by atoms with E-state index in [9.17, 15) is 26.4 Å². The van der Waals surface area contributed by atoms with Crippen LogP contribution in [0.2, 0.25) is 0 Å². The molecule has 0 radical (unpaired) electrons. The Morgan fingerprint density at radius 2 is 1.80 bits per heavy atom. The number of thioether (sulfide) groups is 1. The molecule has 0 unspecified atom stereocenters. The molecule has 0 fully saturated rings. The number of carbonyl (C=O) groups excluding carboxylic acids is 1. The van der Waals surface area contributed by atoms with Crippen molar-refractivity contribution in [2.75, 3.05) is 29.4 Å². The van der Waals surface area contributed by atoms with Gasteiger partial charge in [0.05, 0.1) is 11.9 Å². The smallest absolute Gasteiger partial charge is 0.232 e. The number of benzene rings is 2. The summed E-state index contributed by atoms with van der Waals surface area (Å²) >= 11 is 1.49. The molecule has 1 amide bonds. The molecule has 0 aliphatic carbocycles. The number of amides is 1. The summed E-state index contributed by atoms with van der Waals surface area (Å²) in [6.45, 7) is 0.357. The summed E-state index contributed by atoms with van der Waals surface area (Å²) in [6, 6.07) is 9.34. The maximum atomic E-state index is 13.5. The SMILES string of the molecule is CS(=O)(=O)N(CCCC(=O)NCCSCc1ccccc1F)c1ccc(F)c(F)c1. The van der Waals surface area contributed by atoms with E-state index in [1.165, 1.54) is 23.9 Å². The third-order valence-electron chi connectivity index (χ3n) is 4.14. The van der Waals surface area contributed by atoms with Gasteiger partial charge in [-0.25, -0.2) is 21.6 Å². The minimum atomic E-state index is -3.72. The van der Waals surface area contributed by atoms with Gasteiger partial charge in [0.2, 0.25) is 15.9 Å². The topological polar surface area (TPSA) is 66.5 Å². The predicted molar refractivity (Wildman–Crippen MR) is 113 cm³/mol. The van der Waals surface area contributed by atoms with Gasteiger partial charge in [-0.15, -0.1) is 0 Å². The molecule has 0 spiro atoms. The van der Waals surface area contributed by atoms with E-state index in [1.54, 1.807) is 18.2 Å². The van der Waals surface area contributed by atoms with Crippen LogP contribution in [0.5, 0.6) is 0 Å². The zero-order chi connectivity index (χ0) is 22.1. The van der Waals surface area contributed by atoms with Crippen molar-refractivity contribution < 1.29 is 26.4 Å². The van der Waals surface area contributed by atoms with Gasteiger partial charge in [-0.1, -0.05) is 18.2 Å². The molecule has 2 aromatic rings. The minimum Gasteiger partial charge on any atom is -0.355 e. The van der Waals surface area contributed by atoms with Crippen molar-refractivity contribution in [3.63, 3.8) is 0 Å². The summed E-state index contributed by atoms with van der Waals surface area (Å²) in [7, 11) is -3.72. The van der Waals surface area contributed by atoms with Gasteiger partial charge in [-0.3, -0.25) is 9.10 Å². The Morgan fingerprint density at radius 3 is 2.47 bits per heavy atom. The zero-order valence-electron chi connectivity index (χ0n) is 16.4. The fourth-order valence-corrected chi connectivity index (χ4v) is 4.46.